The van der Waals surface area contributed by atoms with Crippen molar-refractivity contribution >= 4 is 0 Å². The standard InChI is InChI=1S/C8H19NO2/c1-5-7(10-3)8(11-4)6(2)9/h6-8H,5,9H2,1-4H3. The number of rotatable bonds is 5. The molecule has 0 rings (SSSR count). The molecule has 0 saturated heterocycles. The molecule has 3 unspecified atom stereocenters. The topological polar surface area (TPSA) is 44.5 Å². The Balaban J connectivity index is 3.98. The Morgan fingerprint density at radius 2 is 1.82 bits per heavy atom. The maximum Gasteiger partial charge on any atom is 0.0980 e. The van der Waals surface area contributed by atoms with E-state index in [0.29, 0.717) is 0 Å². The van der Waals surface area contributed by atoms with Crippen molar-refractivity contribution in [1.29, 1.82) is 0 Å². The molecule has 0 amide bonds. The van der Waals surface area contributed by atoms with Gasteiger partial charge in [-0.15, -0.1) is 0 Å². The zero-order valence-corrected chi connectivity index (χ0v) is 7.83. The van der Waals surface area contributed by atoms with Crippen LogP contribution < -0.4 is 5.73 Å². The van der Waals surface area contributed by atoms with Crippen LogP contribution in [0.4, 0.5) is 0 Å². The molecule has 3 nitrogen and oxygen atoms in total. The molecule has 0 heterocycles. The van der Waals surface area contributed by atoms with Crippen LogP contribution in [0.1, 0.15) is 20.3 Å². The summed E-state index contributed by atoms with van der Waals surface area (Å²) in [5, 5.41) is 0. The van der Waals surface area contributed by atoms with E-state index in [9.17, 15) is 0 Å². The van der Waals surface area contributed by atoms with Crippen LogP contribution in [-0.2, 0) is 9.47 Å². The van der Waals surface area contributed by atoms with Crippen molar-refractivity contribution in [3.8, 4) is 0 Å². The minimum atomic E-state index is 0.00463. The molecule has 0 aliphatic heterocycles. The number of hydrogen-bond acceptors (Lipinski definition) is 3. The van der Waals surface area contributed by atoms with Crippen molar-refractivity contribution in [1.82, 2.24) is 0 Å². The third kappa shape index (κ3) is 3.18. The molecular weight excluding hydrogens is 142 g/mol. The second kappa shape index (κ2) is 5.52. The van der Waals surface area contributed by atoms with Crippen molar-refractivity contribution in [2.75, 3.05) is 14.2 Å². The van der Waals surface area contributed by atoms with E-state index in [1.54, 1.807) is 14.2 Å². The van der Waals surface area contributed by atoms with Gasteiger partial charge in [-0.3, -0.25) is 0 Å². The van der Waals surface area contributed by atoms with Crippen LogP contribution in [0, 0.1) is 0 Å². The van der Waals surface area contributed by atoms with Gasteiger partial charge in [-0.25, -0.2) is 0 Å². The molecule has 3 atom stereocenters. The van der Waals surface area contributed by atoms with E-state index >= 15 is 0 Å². The molecule has 3 heteroatoms. The van der Waals surface area contributed by atoms with Crippen LogP contribution in [-0.4, -0.2) is 32.5 Å². The Bertz CT molecular complexity index is 92.1. The predicted octanol–water partition coefficient (Wildman–Crippen LogP) is 0.774. The number of methoxy groups -OCH3 is 2. The van der Waals surface area contributed by atoms with E-state index < -0.39 is 0 Å². The zero-order valence-electron chi connectivity index (χ0n) is 7.83. The van der Waals surface area contributed by atoms with Gasteiger partial charge in [0.25, 0.3) is 0 Å². The monoisotopic (exact) mass is 161 g/mol. The molecule has 0 aromatic carbocycles. The molecule has 68 valence electrons. The molecule has 0 aromatic rings. The first-order valence-electron chi connectivity index (χ1n) is 3.98. The van der Waals surface area contributed by atoms with Crippen LogP contribution in [0.3, 0.4) is 0 Å². The summed E-state index contributed by atoms with van der Waals surface area (Å²) in [6, 6.07) is 0.0184. The van der Waals surface area contributed by atoms with Crippen LogP contribution in [0.5, 0.6) is 0 Å². The Morgan fingerprint density at radius 3 is 1.91 bits per heavy atom. The summed E-state index contributed by atoms with van der Waals surface area (Å²) in [4.78, 5) is 0. The Morgan fingerprint density at radius 1 is 1.27 bits per heavy atom. The summed E-state index contributed by atoms with van der Waals surface area (Å²) < 4.78 is 10.4. The lowest BCUT2D eigenvalue weighted by molar-refractivity contribution is -0.0463. The van der Waals surface area contributed by atoms with Crippen LogP contribution in [0.15, 0.2) is 0 Å². The summed E-state index contributed by atoms with van der Waals surface area (Å²) in [5.41, 5.74) is 5.69. The molecule has 2 N–H and O–H groups in total. The fourth-order valence-corrected chi connectivity index (χ4v) is 1.24. The van der Waals surface area contributed by atoms with Gasteiger partial charge in [0.1, 0.15) is 0 Å². The average Bonchev–Trinajstić information content (AvgIpc) is 1.99. The minimum Gasteiger partial charge on any atom is -0.379 e. The molecule has 0 aliphatic rings. The van der Waals surface area contributed by atoms with Gasteiger partial charge in [0.15, 0.2) is 0 Å². The molecule has 0 bridgehead atoms. The van der Waals surface area contributed by atoms with Crippen molar-refractivity contribution in [2.45, 2.75) is 38.5 Å². The van der Waals surface area contributed by atoms with Crippen molar-refractivity contribution in [2.24, 2.45) is 5.73 Å². The van der Waals surface area contributed by atoms with E-state index in [2.05, 4.69) is 6.92 Å². The van der Waals surface area contributed by atoms with Gasteiger partial charge < -0.3 is 15.2 Å². The summed E-state index contributed by atoms with van der Waals surface area (Å²) in [5.74, 6) is 0. The zero-order chi connectivity index (χ0) is 8.85. The number of ether oxygens (including phenoxy) is 2. The summed E-state index contributed by atoms with van der Waals surface area (Å²) >= 11 is 0. The van der Waals surface area contributed by atoms with Gasteiger partial charge in [0.05, 0.1) is 12.2 Å². The van der Waals surface area contributed by atoms with Crippen LogP contribution in [0.25, 0.3) is 0 Å². The summed E-state index contributed by atoms with van der Waals surface area (Å²) in [7, 11) is 3.35. The highest BCUT2D eigenvalue weighted by molar-refractivity contribution is 4.76. The van der Waals surface area contributed by atoms with Gasteiger partial charge in [0.2, 0.25) is 0 Å². The second-order valence-electron chi connectivity index (χ2n) is 2.74. The van der Waals surface area contributed by atoms with Gasteiger partial charge in [-0.1, -0.05) is 6.92 Å². The Kier molecular flexibility index (Phi) is 5.46. The number of hydrogen-bond donors (Lipinski definition) is 1. The van der Waals surface area contributed by atoms with E-state index in [-0.39, 0.29) is 18.2 Å². The Labute approximate surface area is 68.9 Å². The molecule has 0 fully saturated rings. The molecule has 0 spiro atoms. The van der Waals surface area contributed by atoms with E-state index in [4.69, 9.17) is 15.2 Å². The maximum atomic E-state index is 5.69. The van der Waals surface area contributed by atoms with Crippen LogP contribution in [0.2, 0.25) is 0 Å². The van der Waals surface area contributed by atoms with Gasteiger partial charge in [-0.05, 0) is 13.3 Å². The summed E-state index contributed by atoms with van der Waals surface area (Å²) in [6.07, 6.45) is 1.04. The van der Waals surface area contributed by atoms with E-state index in [0.717, 1.165) is 6.42 Å². The first kappa shape index (κ1) is 10.9. The molecular formula is C8H19NO2. The SMILES string of the molecule is CCC(OC)C(OC)C(C)N. The maximum absolute atomic E-state index is 5.69. The van der Waals surface area contributed by atoms with Gasteiger partial charge in [-0.2, -0.15) is 0 Å². The highest BCUT2D eigenvalue weighted by atomic mass is 16.5. The molecule has 0 radical (unpaired) electrons. The molecule has 0 aliphatic carbocycles. The third-order valence-electron chi connectivity index (χ3n) is 1.86. The quantitative estimate of drug-likeness (QED) is 0.648. The van der Waals surface area contributed by atoms with E-state index in [1.807, 2.05) is 6.92 Å². The van der Waals surface area contributed by atoms with Crippen molar-refractivity contribution in [3.63, 3.8) is 0 Å². The summed E-state index contributed by atoms with van der Waals surface area (Å²) in [6.45, 7) is 3.98. The minimum absolute atomic E-state index is 0.00463. The lowest BCUT2D eigenvalue weighted by Gasteiger charge is -2.26. The van der Waals surface area contributed by atoms with Gasteiger partial charge >= 0.3 is 0 Å². The third-order valence-corrected chi connectivity index (χ3v) is 1.86. The normalized spacial score (nSPS) is 19.4. The van der Waals surface area contributed by atoms with Gasteiger partial charge in [0, 0.05) is 20.3 Å². The lowest BCUT2D eigenvalue weighted by atomic mass is 10.1. The van der Waals surface area contributed by atoms with Crippen molar-refractivity contribution in [3.05, 3.63) is 0 Å². The van der Waals surface area contributed by atoms with Crippen molar-refractivity contribution < 1.29 is 9.47 Å². The number of nitrogens with two attached hydrogens (primary N) is 1. The first-order chi connectivity index (χ1) is 5.17. The molecule has 0 aromatic heterocycles. The smallest absolute Gasteiger partial charge is 0.0980 e. The highest BCUT2D eigenvalue weighted by Gasteiger charge is 2.22. The highest BCUT2D eigenvalue weighted by Crippen LogP contribution is 2.08. The fourth-order valence-electron chi connectivity index (χ4n) is 1.24. The lowest BCUT2D eigenvalue weighted by Crippen LogP contribution is -2.43. The predicted molar refractivity (Wildman–Crippen MR) is 45.5 cm³/mol. The Hall–Kier alpha value is -0.120. The first-order valence-corrected chi connectivity index (χ1v) is 3.98. The average molecular weight is 161 g/mol. The second-order valence-corrected chi connectivity index (χ2v) is 2.74. The molecule has 11 heavy (non-hydrogen) atoms. The van der Waals surface area contributed by atoms with E-state index in [1.165, 1.54) is 0 Å². The van der Waals surface area contributed by atoms with Crippen LogP contribution >= 0.6 is 0 Å². The molecule has 0 saturated carbocycles. The largest absolute Gasteiger partial charge is 0.379 e. The fraction of sp³-hybridized carbons (Fsp3) is 1.00.